The van der Waals surface area contributed by atoms with Gasteiger partial charge in [-0.1, -0.05) is 6.92 Å². The highest BCUT2D eigenvalue weighted by Gasteiger charge is 2.32. The molecule has 1 amide bonds. The Balaban J connectivity index is 1.74. The van der Waals surface area contributed by atoms with Gasteiger partial charge in [0, 0.05) is 18.0 Å². The van der Waals surface area contributed by atoms with E-state index in [0.717, 1.165) is 36.3 Å². The smallest absolute Gasteiger partial charge is 0.416 e. The van der Waals surface area contributed by atoms with Gasteiger partial charge in [0.25, 0.3) is 10.0 Å². The molecular formula is C20H23F3N2O4S2. The minimum absolute atomic E-state index is 0.0743. The summed E-state index contributed by atoms with van der Waals surface area (Å²) in [6.45, 7) is 3.10. The Labute approximate surface area is 183 Å². The van der Waals surface area contributed by atoms with E-state index in [2.05, 4.69) is 5.32 Å². The highest BCUT2D eigenvalue weighted by Crippen LogP contribution is 2.35. The van der Waals surface area contributed by atoms with Crippen molar-refractivity contribution in [2.24, 2.45) is 0 Å². The molecule has 2 aromatic rings. The minimum Gasteiger partial charge on any atom is -0.491 e. The number of amides is 1. The Kier molecular flexibility index (Phi) is 7.28. The van der Waals surface area contributed by atoms with Crippen molar-refractivity contribution in [1.82, 2.24) is 4.31 Å². The van der Waals surface area contributed by atoms with Gasteiger partial charge < -0.3 is 10.1 Å². The number of halogens is 3. The summed E-state index contributed by atoms with van der Waals surface area (Å²) >= 11 is 0.989. The number of hydrogen-bond acceptors (Lipinski definition) is 5. The van der Waals surface area contributed by atoms with Gasteiger partial charge in [0.1, 0.15) is 9.96 Å². The maximum absolute atomic E-state index is 13.1. The fourth-order valence-corrected chi connectivity index (χ4v) is 6.17. The van der Waals surface area contributed by atoms with E-state index in [1.165, 1.54) is 16.4 Å². The fraction of sp³-hybridized carbons (Fsp3) is 0.450. The number of carbonyl (C=O) groups is 1. The monoisotopic (exact) mass is 476 g/mol. The second-order valence-electron chi connectivity index (χ2n) is 7.11. The van der Waals surface area contributed by atoms with E-state index in [0.29, 0.717) is 24.4 Å². The molecular weight excluding hydrogens is 453 g/mol. The number of hydrogen-bond donors (Lipinski definition) is 1. The Morgan fingerprint density at radius 3 is 2.55 bits per heavy atom. The molecule has 0 aliphatic carbocycles. The molecule has 1 aromatic carbocycles. The predicted molar refractivity (Wildman–Crippen MR) is 112 cm³/mol. The lowest BCUT2D eigenvalue weighted by atomic mass is 10.1. The van der Waals surface area contributed by atoms with Crippen LogP contribution >= 0.6 is 11.3 Å². The summed E-state index contributed by atoms with van der Waals surface area (Å²) in [7, 11) is -3.58. The van der Waals surface area contributed by atoms with Gasteiger partial charge in [-0.25, -0.2) is 8.42 Å². The van der Waals surface area contributed by atoms with E-state index in [1.54, 1.807) is 6.07 Å². The molecule has 1 saturated heterocycles. The van der Waals surface area contributed by atoms with E-state index in [-0.39, 0.29) is 28.7 Å². The number of rotatable bonds is 8. The second kappa shape index (κ2) is 9.58. The first-order valence-electron chi connectivity index (χ1n) is 9.84. The van der Waals surface area contributed by atoms with Crippen LogP contribution in [0.4, 0.5) is 18.9 Å². The minimum atomic E-state index is -4.56. The highest BCUT2D eigenvalue weighted by molar-refractivity contribution is 7.91. The average molecular weight is 477 g/mol. The van der Waals surface area contributed by atoms with E-state index >= 15 is 0 Å². The SMILES string of the molecule is CCCOc1ccc(C(F)(F)F)cc1NC(=O)Cc1ccc(S(=O)(=O)N2CCCC2)s1. The zero-order valence-corrected chi connectivity index (χ0v) is 18.5. The van der Waals surface area contributed by atoms with Crippen molar-refractivity contribution < 1.29 is 31.1 Å². The van der Waals surface area contributed by atoms with Gasteiger partial charge in [-0.15, -0.1) is 11.3 Å². The number of ether oxygens (including phenoxy) is 1. The molecule has 1 aromatic heterocycles. The Morgan fingerprint density at radius 1 is 1.19 bits per heavy atom. The zero-order valence-electron chi connectivity index (χ0n) is 16.9. The third-order valence-corrected chi connectivity index (χ3v) is 8.12. The lowest BCUT2D eigenvalue weighted by Crippen LogP contribution is -2.27. The van der Waals surface area contributed by atoms with Crippen LogP contribution in [0.5, 0.6) is 5.75 Å². The van der Waals surface area contributed by atoms with Crippen LogP contribution in [0.1, 0.15) is 36.6 Å². The number of nitrogens with zero attached hydrogens (tertiary/aromatic N) is 1. The standard InChI is InChI=1S/C20H23F3N2O4S2/c1-2-11-29-17-7-5-14(20(21,22)23)12-16(17)24-18(26)13-15-6-8-19(30-15)31(27,28)25-9-3-4-10-25/h5-8,12H,2-4,9-11,13H2,1H3,(H,24,26). The fourth-order valence-electron chi connectivity index (χ4n) is 3.14. The van der Waals surface area contributed by atoms with Gasteiger partial charge in [0.15, 0.2) is 0 Å². The van der Waals surface area contributed by atoms with Crippen molar-refractivity contribution in [1.29, 1.82) is 0 Å². The van der Waals surface area contributed by atoms with E-state index in [9.17, 15) is 26.4 Å². The molecule has 0 saturated carbocycles. The largest absolute Gasteiger partial charge is 0.491 e. The van der Waals surface area contributed by atoms with Crippen LogP contribution in [0.3, 0.4) is 0 Å². The number of nitrogens with one attached hydrogen (secondary N) is 1. The topological polar surface area (TPSA) is 75.7 Å². The Morgan fingerprint density at radius 2 is 1.90 bits per heavy atom. The first-order valence-corrected chi connectivity index (χ1v) is 12.1. The number of carbonyl (C=O) groups excluding carboxylic acids is 1. The van der Waals surface area contributed by atoms with Gasteiger partial charge in [0.2, 0.25) is 5.91 Å². The lowest BCUT2D eigenvalue weighted by Gasteiger charge is -2.15. The second-order valence-corrected chi connectivity index (χ2v) is 10.4. The van der Waals surface area contributed by atoms with Crippen molar-refractivity contribution >= 4 is 33.0 Å². The quantitative estimate of drug-likeness (QED) is 0.608. The molecule has 31 heavy (non-hydrogen) atoms. The van der Waals surface area contributed by atoms with Crippen molar-refractivity contribution in [3.8, 4) is 5.75 Å². The molecule has 0 radical (unpaired) electrons. The van der Waals surface area contributed by atoms with Crippen molar-refractivity contribution in [3.05, 3.63) is 40.8 Å². The van der Waals surface area contributed by atoms with E-state index in [1.807, 2.05) is 6.92 Å². The molecule has 11 heteroatoms. The maximum Gasteiger partial charge on any atom is 0.416 e. The van der Waals surface area contributed by atoms with Gasteiger partial charge >= 0.3 is 6.18 Å². The Hall–Kier alpha value is -2.11. The average Bonchev–Trinajstić information content (AvgIpc) is 3.39. The van der Waals surface area contributed by atoms with Gasteiger partial charge in [0.05, 0.1) is 24.3 Å². The zero-order chi connectivity index (χ0) is 22.6. The molecule has 0 unspecified atom stereocenters. The molecule has 0 atom stereocenters. The normalized spacial score (nSPS) is 15.2. The third-order valence-electron chi connectivity index (χ3n) is 4.67. The van der Waals surface area contributed by atoms with Gasteiger partial charge in [-0.3, -0.25) is 4.79 Å². The molecule has 0 bridgehead atoms. The van der Waals surface area contributed by atoms with Crippen LogP contribution in [0, 0.1) is 0 Å². The molecule has 1 aliphatic rings. The molecule has 1 N–H and O–H groups in total. The summed E-state index contributed by atoms with van der Waals surface area (Å²) in [6, 6.07) is 5.92. The maximum atomic E-state index is 13.1. The van der Waals surface area contributed by atoms with E-state index in [4.69, 9.17) is 4.74 Å². The van der Waals surface area contributed by atoms with Crippen molar-refractivity contribution in [2.45, 2.75) is 43.0 Å². The van der Waals surface area contributed by atoms with Gasteiger partial charge in [-0.05, 0) is 49.6 Å². The molecule has 0 spiro atoms. The van der Waals surface area contributed by atoms with Crippen molar-refractivity contribution in [3.63, 3.8) is 0 Å². The summed E-state index contributed by atoms with van der Waals surface area (Å²) < 4.78 is 71.4. The van der Waals surface area contributed by atoms with Crippen LogP contribution in [0.25, 0.3) is 0 Å². The highest BCUT2D eigenvalue weighted by atomic mass is 32.2. The number of sulfonamides is 1. The molecule has 2 heterocycles. The number of alkyl halides is 3. The van der Waals surface area contributed by atoms with Crippen LogP contribution < -0.4 is 10.1 Å². The van der Waals surface area contributed by atoms with Crippen LogP contribution in [-0.4, -0.2) is 38.3 Å². The molecule has 3 rings (SSSR count). The summed E-state index contributed by atoms with van der Waals surface area (Å²) in [5.41, 5.74) is -0.975. The summed E-state index contributed by atoms with van der Waals surface area (Å²) in [4.78, 5) is 13.0. The molecule has 170 valence electrons. The van der Waals surface area contributed by atoms with Gasteiger partial charge in [-0.2, -0.15) is 17.5 Å². The predicted octanol–water partition coefficient (Wildman–Crippen LogP) is 4.52. The van der Waals surface area contributed by atoms with Crippen molar-refractivity contribution in [2.75, 3.05) is 25.0 Å². The Bertz CT molecular complexity index is 1030. The van der Waals surface area contributed by atoms with E-state index < -0.39 is 27.7 Å². The molecule has 1 fully saturated rings. The van der Waals surface area contributed by atoms with Crippen LogP contribution in [0.15, 0.2) is 34.5 Å². The first kappa shape index (κ1) is 23.6. The lowest BCUT2D eigenvalue weighted by molar-refractivity contribution is -0.137. The summed E-state index contributed by atoms with van der Waals surface area (Å²) in [5, 5.41) is 2.47. The number of thiophene rings is 1. The number of benzene rings is 1. The molecule has 6 nitrogen and oxygen atoms in total. The first-order chi connectivity index (χ1) is 14.6. The number of anilines is 1. The van der Waals surface area contributed by atoms with Crippen LogP contribution in [-0.2, 0) is 27.4 Å². The molecule has 1 aliphatic heterocycles. The summed E-state index contributed by atoms with van der Waals surface area (Å²) in [6.07, 6.45) is -2.44. The summed E-state index contributed by atoms with van der Waals surface area (Å²) in [5.74, 6) is -0.417. The third kappa shape index (κ3) is 5.78. The van der Waals surface area contributed by atoms with Crippen LogP contribution in [0.2, 0.25) is 0 Å².